The van der Waals surface area contributed by atoms with E-state index in [1.54, 1.807) is 64.3 Å². The van der Waals surface area contributed by atoms with Crippen LogP contribution in [0.25, 0.3) is 0 Å². The van der Waals surface area contributed by atoms with Crippen LogP contribution in [0.2, 0.25) is 0 Å². The maximum Gasteiger partial charge on any atom is 0.325 e. The minimum absolute atomic E-state index is 0.00214. The smallest absolute Gasteiger partial charge is 0.325 e. The number of carboxylic acid groups (broad SMARTS) is 3. The molecular formula is C55H87N13O22S. The normalized spacial score (nSPS) is 14.6. The summed E-state index contributed by atoms with van der Waals surface area (Å²) in [7, 11) is 0. The highest BCUT2D eigenvalue weighted by Crippen LogP contribution is 2.11. The Bertz CT molecular complexity index is 2660. The Morgan fingerprint density at radius 1 is 0.418 bits per heavy atom. The van der Waals surface area contributed by atoms with E-state index in [1.807, 2.05) is 0 Å². The first-order valence-corrected chi connectivity index (χ1v) is 30.2. The number of nitrogens with one attached hydrogen (secondary N) is 12. The molecule has 11 unspecified atom stereocenters. The van der Waals surface area contributed by atoms with Crippen molar-refractivity contribution in [3.05, 3.63) is 35.9 Å². The summed E-state index contributed by atoms with van der Waals surface area (Å²) in [6.07, 6.45) is -0.936. The molecule has 1 aromatic carbocycles. The number of thioether (sulfide) groups is 1. The van der Waals surface area contributed by atoms with Crippen molar-refractivity contribution in [3.63, 3.8) is 0 Å². The Morgan fingerprint density at radius 2 is 0.736 bits per heavy atom. The number of aliphatic hydroxyl groups excluding tert-OH is 4. The average Bonchev–Trinajstić information content (AvgIpc) is 1.63. The minimum atomic E-state index is -1.89. The van der Waals surface area contributed by atoms with E-state index < -0.39 is 220 Å². The second-order valence-corrected chi connectivity index (χ2v) is 22.6. The second-order valence-electron chi connectivity index (χ2n) is 21.6. The van der Waals surface area contributed by atoms with Gasteiger partial charge in [0, 0.05) is 12.8 Å². The Balaban J connectivity index is 3.11. The topological polar surface area (TPSA) is 568 Å². The molecule has 0 bridgehead atoms. The molecule has 0 heterocycles. The summed E-state index contributed by atoms with van der Waals surface area (Å²) in [4.78, 5) is 193. The van der Waals surface area contributed by atoms with Gasteiger partial charge < -0.3 is 105 Å². The largest absolute Gasteiger partial charge is 0.481 e. The lowest BCUT2D eigenvalue weighted by atomic mass is 10.0. The Hall–Kier alpha value is -8.58. The third-order valence-electron chi connectivity index (χ3n) is 13.0. The van der Waals surface area contributed by atoms with Crippen molar-refractivity contribution in [1.82, 2.24) is 63.8 Å². The minimum Gasteiger partial charge on any atom is -0.481 e. The molecule has 36 heteroatoms. The molecule has 0 aliphatic heterocycles. The van der Waals surface area contributed by atoms with Crippen LogP contribution in [-0.4, -0.2) is 243 Å². The molecule has 11 atom stereocenters. The molecule has 0 radical (unpaired) electrons. The van der Waals surface area contributed by atoms with Crippen LogP contribution in [-0.2, 0) is 78.3 Å². The Labute approximate surface area is 527 Å². The van der Waals surface area contributed by atoms with Gasteiger partial charge in [-0.05, 0) is 74.9 Å². The molecule has 0 spiro atoms. The first-order valence-electron chi connectivity index (χ1n) is 28.8. The van der Waals surface area contributed by atoms with Crippen LogP contribution in [0, 0.1) is 11.8 Å². The van der Waals surface area contributed by atoms with E-state index in [4.69, 9.17) is 5.73 Å². The molecule has 0 fully saturated rings. The van der Waals surface area contributed by atoms with Crippen LogP contribution in [0.1, 0.15) is 85.1 Å². The van der Waals surface area contributed by atoms with Crippen LogP contribution in [0.4, 0.5) is 0 Å². The molecule has 510 valence electrons. The van der Waals surface area contributed by atoms with Gasteiger partial charge in [-0.25, -0.2) is 0 Å². The van der Waals surface area contributed by atoms with Crippen molar-refractivity contribution in [2.24, 2.45) is 17.6 Å². The standard InChI is InChI=1S/C55H87N13O22S/c1-27(2)18-35(60-41(73)21-58-47(81)37(23-69)66-45(79)31(56)20-30-10-8-7-9-11-30)50(84)64-34(16-17-91-6)49(83)67-39(25-71)53(87)62-32(12-14-43(75)76)46(80)57-22-42(74)61-38(24-70)52(86)68-40(26-72)54(88)65-36(19-28(3)4)51(85)63-33(13-15-44(77)78)48(82)59-29(5)55(89)90/h7-11,27-29,31-40,69-72H,12-26,56H2,1-6H3,(H,57,80)(H,58,81)(H,59,82)(H,60,73)(H,61,74)(H,62,87)(H,63,85)(H,64,84)(H,65,88)(H,66,79)(H,67,83)(H,68,86)(H,75,76)(H,77,78)(H,89,90). The first-order chi connectivity index (χ1) is 42.8. The molecule has 21 N–H and O–H groups in total. The van der Waals surface area contributed by atoms with Crippen LogP contribution < -0.4 is 69.5 Å². The van der Waals surface area contributed by atoms with Crippen LogP contribution in [0.15, 0.2) is 30.3 Å². The summed E-state index contributed by atoms with van der Waals surface area (Å²) in [5.41, 5.74) is 6.73. The lowest BCUT2D eigenvalue weighted by Crippen LogP contribution is -2.60. The van der Waals surface area contributed by atoms with Crippen LogP contribution in [0.3, 0.4) is 0 Å². The molecule has 12 amide bonds. The van der Waals surface area contributed by atoms with Gasteiger partial charge in [0.15, 0.2) is 0 Å². The number of hydrogen-bond acceptors (Lipinski definition) is 21. The average molecular weight is 1310 g/mol. The van der Waals surface area contributed by atoms with Gasteiger partial charge in [-0.3, -0.25) is 71.9 Å². The zero-order valence-electron chi connectivity index (χ0n) is 51.2. The van der Waals surface area contributed by atoms with Gasteiger partial charge in [0.2, 0.25) is 70.9 Å². The van der Waals surface area contributed by atoms with Crippen molar-refractivity contribution >= 4 is 101 Å². The van der Waals surface area contributed by atoms with E-state index in [0.717, 1.165) is 12.5 Å². The van der Waals surface area contributed by atoms with E-state index in [1.165, 1.54) is 11.8 Å². The third-order valence-corrected chi connectivity index (χ3v) is 13.6. The number of hydrogen-bond donors (Lipinski definition) is 20. The number of amides is 12. The number of nitrogens with two attached hydrogens (primary N) is 1. The Kier molecular flexibility index (Phi) is 37.5. The van der Waals surface area contributed by atoms with E-state index in [0.29, 0.717) is 0 Å². The molecule has 1 aromatic rings. The lowest BCUT2D eigenvalue weighted by Gasteiger charge is -2.26. The number of aliphatic hydroxyl groups is 4. The van der Waals surface area contributed by atoms with Crippen molar-refractivity contribution < 1.29 is 108 Å². The van der Waals surface area contributed by atoms with Gasteiger partial charge in [-0.2, -0.15) is 11.8 Å². The van der Waals surface area contributed by atoms with Crippen molar-refractivity contribution in [2.75, 3.05) is 51.5 Å². The van der Waals surface area contributed by atoms with E-state index >= 15 is 0 Å². The summed E-state index contributed by atoms with van der Waals surface area (Å²) in [6.45, 7) is 1.81. The maximum atomic E-state index is 13.8. The fourth-order valence-corrected chi connectivity index (χ4v) is 8.55. The van der Waals surface area contributed by atoms with Gasteiger partial charge in [0.1, 0.15) is 60.4 Å². The number of aliphatic carboxylic acids is 3. The van der Waals surface area contributed by atoms with Crippen molar-refractivity contribution in [2.45, 2.75) is 152 Å². The number of carbonyl (C=O) groups is 15. The van der Waals surface area contributed by atoms with Gasteiger partial charge >= 0.3 is 17.9 Å². The summed E-state index contributed by atoms with van der Waals surface area (Å²) in [5.74, 6) is -17.3. The predicted octanol–water partition coefficient (Wildman–Crippen LogP) is -7.71. The molecule has 0 aliphatic rings. The summed E-state index contributed by atoms with van der Waals surface area (Å²) in [6, 6.07) is -8.54. The highest BCUT2D eigenvalue weighted by atomic mass is 32.2. The number of carboxylic acids is 3. The van der Waals surface area contributed by atoms with Gasteiger partial charge in [0.05, 0.1) is 45.6 Å². The van der Waals surface area contributed by atoms with Crippen molar-refractivity contribution in [1.29, 1.82) is 0 Å². The summed E-state index contributed by atoms with van der Waals surface area (Å²) < 4.78 is 0. The van der Waals surface area contributed by atoms with E-state index in [9.17, 15) is 108 Å². The zero-order valence-corrected chi connectivity index (χ0v) is 52.1. The molecule has 0 saturated heterocycles. The number of benzene rings is 1. The van der Waals surface area contributed by atoms with Crippen LogP contribution >= 0.6 is 11.8 Å². The molecule has 0 saturated carbocycles. The number of carbonyl (C=O) groups excluding carboxylic acids is 12. The van der Waals surface area contributed by atoms with E-state index in [-0.39, 0.29) is 43.3 Å². The van der Waals surface area contributed by atoms with Gasteiger partial charge in [-0.1, -0.05) is 58.0 Å². The lowest BCUT2D eigenvalue weighted by molar-refractivity contribution is -0.142. The number of rotatable bonds is 44. The monoisotopic (exact) mass is 1310 g/mol. The van der Waals surface area contributed by atoms with Gasteiger partial charge in [0.25, 0.3) is 0 Å². The summed E-state index contributed by atoms with van der Waals surface area (Å²) in [5, 5.41) is 94.9. The van der Waals surface area contributed by atoms with Gasteiger partial charge in [-0.15, -0.1) is 0 Å². The highest BCUT2D eigenvalue weighted by molar-refractivity contribution is 7.98. The highest BCUT2D eigenvalue weighted by Gasteiger charge is 2.35. The third kappa shape index (κ3) is 31.6. The fourth-order valence-electron chi connectivity index (χ4n) is 8.08. The fraction of sp³-hybridized carbons (Fsp3) is 0.618. The first kappa shape index (κ1) is 80.4. The molecule has 0 aromatic heterocycles. The predicted molar refractivity (Wildman–Crippen MR) is 321 cm³/mol. The molecule has 91 heavy (non-hydrogen) atoms. The molecule has 35 nitrogen and oxygen atoms in total. The summed E-state index contributed by atoms with van der Waals surface area (Å²) >= 11 is 1.26. The quantitative estimate of drug-likeness (QED) is 0.0289. The second kappa shape index (κ2) is 42.4. The molecule has 0 aliphatic carbocycles. The SMILES string of the molecule is CSCCC(NC(=O)C(CC(C)C)NC(=O)CNC(=O)C(CO)NC(=O)C(N)Cc1ccccc1)C(=O)NC(CO)C(=O)NC(CCC(=O)O)C(=O)NCC(=O)NC(CO)C(=O)NC(CO)C(=O)NC(CC(C)C)C(=O)NC(CCC(=O)O)C(=O)NC(C)C(=O)O. The Morgan fingerprint density at radius 3 is 1.14 bits per heavy atom. The van der Waals surface area contributed by atoms with Crippen molar-refractivity contribution in [3.8, 4) is 0 Å². The van der Waals surface area contributed by atoms with Crippen LogP contribution in [0.5, 0.6) is 0 Å². The molecule has 1 rings (SSSR count). The zero-order chi connectivity index (χ0) is 69.1. The van der Waals surface area contributed by atoms with E-state index in [2.05, 4.69) is 63.8 Å². The maximum absolute atomic E-state index is 13.8. The molecular weight excluding hydrogens is 1230 g/mol.